The van der Waals surface area contributed by atoms with Crippen LogP contribution in [0.4, 0.5) is 5.69 Å². The highest BCUT2D eigenvalue weighted by molar-refractivity contribution is 7.89. The monoisotopic (exact) mass is 486 g/mol. The summed E-state index contributed by atoms with van der Waals surface area (Å²) in [4.78, 5) is 25.9. The zero-order chi connectivity index (χ0) is 23.8. The van der Waals surface area contributed by atoms with Crippen molar-refractivity contribution in [2.24, 2.45) is 0 Å². The van der Waals surface area contributed by atoms with Crippen molar-refractivity contribution in [1.29, 1.82) is 0 Å². The lowest BCUT2D eigenvalue weighted by Gasteiger charge is -2.20. The predicted molar refractivity (Wildman–Crippen MR) is 127 cm³/mol. The van der Waals surface area contributed by atoms with Crippen LogP contribution in [0.1, 0.15) is 19.4 Å². The molecule has 33 heavy (non-hydrogen) atoms. The first-order valence-electron chi connectivity index (χ1n) is 10.4. The van der Waals surface area contributed by atoms with Crippen LogP contribution in [0.5, 0.6) is 0 Å². The van der Waals surface area contributed by atoms with E-state index in [1.165, 1.54) is 23.7 Å². The van der Waals surface area contributed by atoms with Gasteiger partial charge in [0, 0.05) is 41.9 Å². The third-order valence-corrected chi connectivity index (χ3v) is 7.25. The summed E-state index contributed by atoms with van der Waals surface area (Å²) in [6.45, 7) is 3.48. The van der Waals surface area contributed by atoms with Gasteiger partial charge in [-0.25, -0.2) is 17.8 Å². The number of carbonyl (C=O) groups is 1. The van der Waals surface area contributed by atoms with E-state index in [0.29, 0.717) is 17.1 Å². The van der Waals surface area contributed by atoms with E-state index < -0.39 is 10.0 Å². The van der Waals surface area contributed by atoms with E-state index >= 15 is 0 Å². The van der Waals surface area contributed by atoms with Crippen molar-refractivity contribution in [3.63, 3.8) is 0 Å². The van der Waals surface area contributed by atoms with Crippen molar-refractivity contribution in [3.05, 3.63) is 75.5 Å². The van der Waals surface area contributed by atoms with Crippen LogP contribution in [0.2, 0.25) is 5.02 Å². The number of carbonyl (C=O) groups excluding carboxylic acids is 1. The van der Waals surface area contributed by atoms with Gasteiger partial charge in [0.05, 0.1) is 17.1 Å². The maximum absolute atomic E-state index is 12.8. The van der Waals surface area contributed by atoms with Gasteiger partial charge < -0.3 is 4.90 Å². The maximum Gasteiger partial charge on any atom is 0.266 e. The molecule has 1 amide bonds. The summed E-state index contributed by atoms with van der Waals surface area (Å²) in [6.07, 6.45) is 0.592. The zero-order valence-electron chi connectivity index (χ0n) is 18.2. The second-order valence-corrected chi connectivity index (χ2v) is 10.1. The molecule has 1 unspecified atom stereocenters. The molecule has 10 heteroatoms. The fourth-order valence-corrected chi connectivity index (χ4v) is 5.20. The normalized spacial score (nSPS) is 15.5. The molecule has 2 aromatic carbocycles. The number of amides is 1. The molecule has 1 atom stereocenters. The molecule has 0 fully saturated rings. The first-order chi connectivity index (χ1) is 15.7. The molecule has 1 N–H and O–H groups in total. The standard InChI is InChI=1S/C23H23ClN4O4S/c1-15-13-18-14-20(7-9-22(18)28(15)16(2)29)33(31,32)25-11-12-27-23(30)10-8-21(26-27)17-3-5-19(24)6-4-17/h3-10,14-15,25H,11-13H2,1-2H3. The molecule has 3 aromatic rings. The quantitative estimate of drug-likeness (QED) is 0.577. The molecule has 1 aliphatic heterocycles. The Morgan fingerprint density at radius 1 is 1.15 bits per heavy atom. The van der Waals surface area contributed by atoms with Gasteiger partial charge in [-0.1, -0.05) is 23.7 Å². The average Bonchev–Trinajstić information content (AvgIpc) is 3.10. The fourth-order valence-electron chi connectivity index (χ4n) is 4.01. The van der Waals surface area contributed by atoms with Crippen molar-refractivity contribution < 1.29 is 13.2 Å². The number of sulfonamides is 1. The number of benzene rings is 2. The number of anilines is 1. The van der Waals surface area contributed by atoms with E-state index in [2.05, 4.69) is 9.82 Å². The van der Waals surface area contributed by atoms with E-state index in [-0.39, 0.29) is 35.5 Å². The van der Waals surface area contributed by atoms with Crippen LogP contribution in [-0.4, -0.2) is 36.7 Å². The SMILES string of the molecule is CC(=O)N1c2ccc(S(=O)(=O)NCCn3nc(-c4ccc(Cl)cc4)ccc3=O)cc2CC1C. The van der Waals surface area contributed by atoms with Gasteiger partial charge in [-0.15, -0.1) is 0 Å². The van der Waals surface area contributed by atoms with Crippen LogP contribution < -0.4 is 15.2 Å². The fraction of sp³-hybridized carbons (Fsp3) is 0.261. The molecular weight excluding hydrogens is 464 g/mol. The Morgan fingerprint density at radius 2 is 1.88 bits per heavy atom. The highest BCUT2D eigenvalue weighted by Gasteiger charge is 2.30. The Hall–Kier alpha value is -3.01. The molecule has 0 radical (unpaired) electrons. The highest BCUT2D eigenvalue weighted by atomic mass is 35.5. The van der Waals surface area contributed by atoms with Gasteiger partial charge in [0.1, 0.15) is 0 Å². The summed E-state index contributed by atoms with van der Waals surface area (Å²) < 4.78 is 29.4. The summed E-state index contributed by atoms with van der Waals surface area (Å²) in [5.41, 5.74) is 2.60. The molecule has 1 aliphatic rings. The lowest BCUT2D eigenvalue weighted by Crippen LogP contribution is -2.33. The molecule has 0 saturated carbocycles. The van der Waals surface area contributed by atoms with Gasteiger partial charge in [-0.3, -0.25) is 9.59 Å². The minimum atomic E-state index is -3.80. The summed E-state index contributed by atoms with van der Waals surface area (Å²) in [6, 6.07) is 14.8. The first kappa shape index (κ1) is 23.2. The van der Waals surface area contributed by atoms with Gasteiger partial charge >= 0.3 is 0 Å². The number of halogens is 1. The summed E-state index contributed by atoms with van der Waals surface area (Å²) >= 11 is 5.92. The Kier molecular flexibility index (Phi) is 6.38. The molecular formula is C23H23ClN4O4S. The largest absolute Gasteiger partial charge is 0.309 e. The van der Waals surface area contributed by atoms with Crippen LogP contribution in [0, 0.1) is 0 Å². The number of fused-ring (bicyclic) bond motifs is 1. The van der Waals surface area contributed by atoms with Crippen LogP contribution in [0.3, 0.4) is 0 Å². The topological polar surface area (TPSA) is 101 Å². The lowest BCUT2D eigenvalue weighted by atomic mass is 10.1. The molecule has 172 valence electrons. The number of hydrogen-bond acceptors (Lipinski definition) is 5. The van der Waals surface area contributed by atoms with Crippen LogP contribution in [0.25, 0.3) is 11.3 Å². The Labute approximate surface area is 196 Å². The van der Waals surface area contributed by atoms with E-state index in [1.54, 1.807) is 47.4 Å². The van der Waals surface area contributed by atoms with Crippen LogP contribution >= 0.6 is 11.6 Å². The second kappa shape index (κ2) is 9.09. The average molecular weight is 487 g/mol. The third kappa shape index (κ3) is 4.85. The van der Waals surface area contributed by atoms with Gasteiger partial charge in [-0.2, -0.15) is 5.10 Å². The summed E-state index contributed by atoms with van der Waals surface area (Å²) in [5.74, 6) is -0.0752. The molecule has 4 rings (SSSR count). The van der Waals surface area contributed by atoms with Crippen LogP contribution in [-0.2, 0) is 27.8 Å². The van der Waals surface area contributed by atoms with E-state index in [0.717, 1.165) is 16.8 Å². The predicted octanol–water partition coefficient (Wildman–Crippen LogP) is 2.84. The molecule has 0 aliphatic carbocycles. The zero-order valence-corrected chi connectivity index (χ0v) is 19.7. The van der Waals surface area contributed by atoms with Crippen molar-refractivity contribution in [2.75, 3.05) is 11.4 Å². The minimum absolute atomic E-state index is 0.00757. The molecule has 0 spiro atoms. The highest BCUT2D eigenvalue weighted by Crippen LogP contribution is 2.33. The van der Waals surface area contributed by atoms with Gasteiger partial charge in [-0.05, 0) is 55.3 Å². The smallest absolute Gasteiger partial charge is 0.266 e. The van der Waals surface area contributed by atoms with Crippen LogP contribution in [0.15, 0.2) is 64.3 Å². The number of nitrogens with zero attached hydrogens (tertiary/aromatic N) is 3. The Bertz CT molecular complexity index is 1370. The second-order valence-electron chi connectivity index (χ2n) is 7.92. The van der Waals surface area contributed by atoms with Gasteiger partial charge in [0.25, 0.3) is 5.56 Å². The molecule has 2 heterocycles. The summed E-state index contributed by atoms with van der Waals surface area (Å²) in [5, 5.41) is 4.93. The Balaban J connectivity index is 1.47. The number of hydrogen-bond donors (Lipinski definition) is 1. The van der Waals surface area contributed by atoms with E-state index in [4.69, 9.17) is 11.6 Å². The third-order valence-electron chi connectivity index (χ3n) is 5.54. The molecule has 8 nitrogen and oxygen atoms in total. The van der Waals surface area contributed by atoms with E-state index in [1.807, 2.05) is 6.92 Å². The maximum atomic E-state index is 12.8. The van der Waals surface area contributed by atoms with Crippen molar-refractivity contribution in [1.82, 2.24) is 14.5 Å². The van der Waals surface area contributed by atoms with Crippen molar-refractivity contribution in [2.45, 2.75) is 37.8 Å². The number of aromatic nitrogens is 2. The first-order valence-corrected chi connectivity index (χ1v) is 12.3. The lowest BCUT2D eigenvalue weighted by molar-refractivity contribution is -0.116. The number of nitrogens with one attached hydrogen (secondary N) is 1. The van der Waals surface area contributed by atoms with E-state index in [9.17, 15) is 18.0 Å². The van der Waals surface area contributed by atoms with Crippen molar-refractivity contribution >= 4 is 33.2 Å². The molecule has 0 bridgehead atoms. The van der Waals surface area contributed by atoms with Gasteiger partial charge in [0.15, 0.2) is 0 Å². The minimum Gasteiger partial charge on any atom is -0.309 e. The molecule has 0 saturated heterocycles. The molecule has 1 aromatic heterocycles. The van der Waals surface area contributed by atoms with Gasteiger partial charge in [0.2, 0.25) is 15.9 Å². The van der Waals surface area contributed by atoms with Crippen molar-refractivity contribution in [3.8, 4) is 11.3 Å². The summed E-state index contributed by atoms with van der Waals surface area (Å²) in [7, 11) is -3.80. The number of rotatable bonds is 6. The Morgan fingerprint density at radius 3 is 2.58 bits per heavy atom.